The Morgan fingerprint density at radius 2 is 1.72 bits per heavy atom. The first-order chi connectivity index (χ1) is 14.1. The number of nitrogens with one attached hydrogen (secondary N) is 1. The Bertz CT molecular complexity index is 642. The van der Waals surface area contributed by atoms with Crippen molar-refractivity contribution in [3.8, 4) is 17.2 Å². The van der Waals surface area contributed by atoms with Crippen molar-refractivity contribution in [1.29, 1.82) is 0 Å². The third-order valence-corrected chi connectivity index (χ3v) is 5.75. The summed E-state index contributed by atoms with van der Waals surface area (Å²) in [4.78, 5) is 15.2. The van der Waals surface area contributed by atoms with Gasteiger partial charge < -0.3 is 24.3 Å². The summed E-state index contributed by atoms with van der Waals surface area (Å²) in [6.07, 6.45) is 2.41. The van der Waals surface area contributed by atoms with Crippen molar-refractivity contribution in [2.75, 3.05) is 54.2 Å². The number of hydrogen-bond donors (Lipinski definition) is 1. The highest BCUT2D eigenvalue weighted by Gasteiger charge is 2.27. The molecule has 0 bridgehead atoms. The summed E-state index contributed by atoms with van der Waals surface area (Å²) in [5.74, 6) is 2.13. The first kappa shape index (κ1) is 23.3. The molecule has 1 aromatic rings. The second kappa shape index (κ2) is 11.9. The molecule has 1 aliphatic rings. The summed E-state index contributed by atoms with van der Waals surface area (Å²) < 4.78 is 21.7. The highest BCUT2D eigenvalue weighted by molar-refractivity contribution is 5.80. The molecular weight excluding hydrogens is 372 g/mol. The van der Waals surface area contributed by atoms with Gasteiger partial charge in [-0.15, -0.1) is 0 Å². The zero-order valence-electron chi connectivity index (χ0n) is 18.5. The Morgan fingerprint density at radius 3 is 2.28 bits per heavy atom. The minimum Gasteiger partial charge on any atom is -0.493 e. The third kappa shape index (κ3) is 6.00. The van der Waals surface area contributed by atoms with E-state index in [4.69, 9.17) is 18.9 Å². The fourth-order valence-electron chi connectivity index (χ4n) is 4.09. The molecule has 1 fully saturated rings. The molecular formula is C22H36N2O5. The number of morpholine rings is 1. The van der Waals surface area contributed by atoms with Crippen LogP contribution in [0.4, 0.5) is 0 Å². The van der Waals surface area contributed by atoms with Crippen molar-refractivity contribution in [2.24, 2.45) is 5.92 Å². The van der Waals surface area contributed by atoms with Crippen molar-refractivity contribution in [3.63, 3.8) is 0 Å². The lowest BCUT2D eigenvalue weighted by molar-refractivity contribution is -0.121. The SMILES string of the molecule is CCC(CC)[C@H](CNC(=O)Cc1ccc(OC)c(OC)c1OC)N1CCOCC1. The van der Waals surface area contributed by atoms with Crippen molar-refractivity contribution in [1.82, 2.24) is 10.2 Å². The molecule has 0 radical (unpaired) electrons. The smallest absolute Gasteiger partial charge is 0.224 e. The van der Waals surface area contributed by atoms with Crippen LogP contribution in [0.25, 0.3) is 0 Å². The fraction of sp³-hybridized carbons (Fsp3) is 0.682. The lowest BCUT2D eigenvalue weighted by atomic mass is 9.92. The molecule has 7 heteroatoms. The molecule has 0 aliphatic carbocycles. The average Bonchev–Trinajstić information content (AvgIpc) is 2.76. The van der Waals surface area contributed by atoms with Crippen LogP contribution in [-0.2, 0) is 16.0 Å². The van der Waals surface area contributed by atoms with E-state index in [0.29, 0.717) is 35.8 Å². The van der Waals surface area contributed by atoms with E-state index in [-0.39, 0.29) is 12.3 Å². The van der Waals surface area contributed by atoms with Crippen LogP contribution in [0.1, 0.15) is 32.3 Å². The summed E-state index contributed by atoms with van der Waals surface area (Å²) in [7, 11) is 4.71. The third-order valence-electron chi connectivity index (χ3n) is 5.75. The van der Waals surface area contributed by atoms with Gasteiger partial charge in [0.15, 0.2) is 11.5 Å². The number of carbonyl (C=O) groups excluding carboxylic acids is 1. The summed E-state index contributed by atoms with van der Waals surface area (Å²) in [5, 5.41) is 3.15. The first-order valence-electron chi connectivity index (χ1n) is 10.5. The number of hydrogen-bond acceptors (Lipinski definition) is 6. The van der Waals surface area contributed by atoms with Crippen LogP contribution < -0.4 is 19.5 Å². The Hall–Kier alpha value is -1.99. The number of benzene rings is 1. The molecule has 2 rings (SSSR count). The van der Waals surface area contributed by atoms with Gasteiger partial charge in [-0.1, -0.05) is 32.8 Å². The van der Waals surface area contributed by atoms with E-state index in [0.717, 1.165) is 44.7 Å². The lowest BCUT2D eigenvalue weighted by Gasteiger charge is -2.38. The van der Waals surface area contributed by atoms with Crippen LogP contribution in [0.5, 0.6) is 17.2 Å². The van der Waals surface area contributed by atoms with Crippen LogP contribution in [0, 0.1) is 5.92 Å². The van der Waals surface area contributed by atoms with E-state index in [1.54, 1.807) is 27.4 Å². The van der Waals surface area contributed by atoms with Gasteiger partial charge in [0.1, 0.15) is 0 Å². The lowest BCUT2D eigenvalue weighted by Crippen LogP contribution is -2.52. The highest BCUT2D eigenvalue weighted by Crippen LogP contribution is 2.39. The summed E-state index contributed by atoms with van der Waals surface area (Å²) in [6.45, 7) is 8.43. The Labute approximate surface area is 174 Å². The van der Waals surface area contributed by atoms with Gasteiger partial charge in [-0.05, 0) is 12.0 Å². The molecule has 7 nitrogen and oxygen atoms in total. The molecule has 0 unspecified atom stereocenters. The average molecular weight is 409 g/mol. The zero-order valence-corrected chi connectivity index (χ0v) is 18.5. The second-order valence-corrected chi connectivity index (χ2v) is 7.27. The largest absolute Gasteiger partial charge is 0.493 e. The predicted molar refractivity (Wildman–Crippen MR) is 113 cm³/mol. The van der Waals surface area contributed by atoms with Crippen LogP contribution in [0.3, 0.4) is 0 Å². The maximum atomic E-state index is 12.7. The number of carbonyl (C=O) groups is 1. The minimum atomic E-state index is -0.0280. The predicted octanol–water partition coefficient (Wildman–Crippen LogP) is 2.51. The Kier molecular flexibility index (Phi) is 9.54. The molecule has 29 heavy (non-hydrogen) atoms. The van der Waals surface area contributed by atoms with Gasteiger partial charge >= 0.3 is 0 Å². The van der Waals surface area contributed by atoms with E-state index < -0.39 is 0 Å². The second-order valence-electron chi connectivity index (χ2n) is 7.27. The molecule has 0 aromatic heterocycles. The van der Waals surface area contributed by atoms with Crippen molar-refractivity contribution in [3.05, 3.63) is 17.7 Å². The van der Waals surface area contributed by atoms with Gasteiger partial charge in [-0.2, -0.15) is 0 Å². The zero-order chi connectivity index (χ0) is 21.2. The summed E-state index contributed by atoms with van der Waals surface area (Å²) >= 11 is 0. The fourth-order valence-corrected chi connectivity index (χ4v) is 4.09. The molecule has 0 spiro atoms. The Balaban J connectivity index is 2.06. The van der Waals surface area contributed by atoms with Crippen LogP contribution >= 0.6 is 0 Å². The number of amides is 1. The van der Waals surface area contributed by atoms with E-state index in [1.807, 2.05) is 6.07 Å². The van der Waals surface area contributed by atoms with Crippen molar-refractivity contribution >= 4 is 5.91 Å². The normalized spacial score (nSPS) is 15.8. The maximum absolute atomic E-state index is 12.7. The highest BCUT2D eigenvalue weighted by atomic mass is 16.5. The molecule has 1 amide bonds. The molecule has 1 saturated heterocycles. The standard InChI is InChI=1S/C22H36N2O5/c1-6-16(7-2)18(24-10-12-29-13-11-24)15-23-20(25)14-17-8-9-19(26-3)22(28-5)21(17)27-4/h8-9,16,18H,6-7,10-15H2,1-5H3,(H,23,25)/t18-/m0/s1. The monoisotopic (exact) mass is 408 g/mol. The van der Waals surface area contributed by atoms with Crippen molar-refractivity contribution < 1.29 is 23.7 Å². The maximum Gasteiger partial charge on any atom is 0.224 e. The molecule has 1 atom stereocenters. The molecule has 0 saturated carbocycles. The summed E-state index contributed by atoms with van der Waals surface area (Å²) in [5.41, 5.74) is 0.771. The topological polar surface area (TPSA) is 69.3 Å². The quantitative estimate of drug-likeness (QED) is 0.607. The van der Waals surface area contributed by atoms with Crippen molar-refractivity contribution in [2.45, 2.75) is 39.2 Å². The number of nitrogens with zero attached hydrogens (tertiary/aromatic N) is 1. The first-order valence-corrected chi connectivity index (χ1v) is 10.5. The molecule has 1 N–H and O–H groups in total. The Morgan fingerprint density at radius 1 is 1.07 bits per heavy atom. The molecule has 1 aliphatic heterocycles. The van der Waals surface area contributed by atoms with Gasteiger partial charge in [0, 0.05) is 31.2 Å². The summed E-state index contributed by atoms with van der Waals surface area (Å²) in [6, 6.07) is 3.97. The van der Waals surface area contributed by atoms with E-state index in [1.165, 1.54) is 0 Å². The molecule has 1 heterocycles. The van der Waals surface area contributed by atoms with E-state index in [9.17, 15) is 4.79 Å². The number of rotatable bonds is 11. The number of methoxy groups -OCH3 is 3. The van der Waals surface area contributed by atoms with Crippen LogP contribution in [-0.4, -0.2) is 71.0 Å². The van der Waals surface area contributed by atoms with Gasteiger partial charge in [0.25, 0.3) is 0 Å². The number of ether oxygens (including phenoxy) is 4. The van der Waals surface area contributed by atoms with Gasteiger partial charge in [0.05, 0.1) is 41.0 Å². The van der Waals surface area contributed by atoms with Gasteiger partial charge in [-0.3, -0.25) is 9.69 Å². The molecule has 1 aromatic carbocycles. The van der Waals surface area contributed by atoms with Crippen LogP contribution in [0.15, 0.2) is 12.1 Å². The molecule has 164 valence electrons. The van der Waals surface area contributed by atoms with E-state index >= 15 is 0 Å². The van der Waals surface area contributed by atoms with E-state index in [2.05, 4.69) is 24.1 Å². The van der Waals surface area contributed by atoms with Gasteiger partial charge in [-0.25, -0.2) is 0 Å². The minimum absolute atomic E-state index is 0.0280. The van der Waals surface area contributed by atoms with Gasteiger partial charge in [0.2, 0.25) is 11.7 Å². The van der Waals surface area contributed by atoms with Crippen LogP contribution in [0.2, 0.25) is 0 Å².